The number of aromatic nitrogens is 2. The number of likely N-dealkylation sites (tertiary alicyclic amines) is 1. The highest BCUT2D eigenvalue weighted by Gasteiger charge is 2.17. The van der Waals surface area contributed by atoms with Gasteiger partial charge in [-0.2, -0.15) is 0 Å². The summed E-state index contributed by atoms with van der Waals surface area (Å²) in [4.78, 5) is 19.1. The third-order valence-electron chi connectivity index (χ3n) is 3.96. The lowest BCUT2D eigenvalue weighted by Gasteiger charge is -2.29. The van der Waals surface area contributed by atoms with E-state index in [1.54, 1.807) is 16.7 Å². The van der Waals surface area contributed by atoms with Gasteiger partial charge in [-0.25, -0.2) is 4.98 Å². The van der Waals surface area contributed by atoms with Crippen molar-refractivity contribution in [3.63, 3.8) is 0 Å². The van der Waals surface area contributed by atoms with Crippen LogP contribution in [-0.2, 0) is 6.54 Å². The average Bonchev–Trinajstić information content (AvgIpc) is 2.43. The van der Waals surface area contributed by atoms with Crippen molar-refractivity contribution < 1.29 is 0 Å². The second-order valence-corrected chi connectivity index (χ2v) is 5.58. The third kappa shape index (κ3) is 3.43. The van der Waals surface area contributed by atoms with E-state index in [2.05, 4.69) is 9.88 Å². The van der Waals surface area contributed by atoms with Crippen LogP contribution in [0.5, 0.6) is 0 Å². The molecule has 0 aliphatic carbocycles. The molecular formula is C15H21ClN4O. The molecule has 21 heavy (non-hydrogen) atoms. The molecule has 1 aliphatic rings. The predicted molar refractivity (Wildman–Crippen MR) is 85.9 cm³/mol. The molecule has 3 rings (SSSR count). The fourth-order valence-corrected chi connectivity index (χ4v) is 2.73. The summed E-state index contributed by atoms with van der Waals surface area (Å²) in [5.41, 5.74) is 8.52. The number of nitrogens with two attached hydrogens (primary N) is 1. The number of nitrogens with zero attached hydrogens (tertiary/aromatic N) is 3. The molecule has 1 saturated heterocycles. The van der Waals surface area contributed by atoms with Gasteiger partial charge in [0.1, 0.15) is 5.65 Å². The Hall–Kier alpha value is -1.43. The number of hydrogen-bond donors (Lipinski definition) is 1. The lowest BCUT2D eigenvalue weighted by atomic mass is 10.1. The van der Waals surface area contributed by atoms with E-state index in [-0.39, 0.29) is 18.0 Å². The van der Waals surface area contributed by atoms with Crippen LogP contribution in [0.2, 0.25) is 0 Å². The molecule has 0 saturated carbocycles. The van der Waals surface area contributed by atoms with E-state index in [1.165, 1.54) is 0 Å². The number of pyridine rings is 1. The Balaban J connectivity index is 0.00000161. The van der Waals surface area contributed by atoms with Crippen LogP contribution < -0.4 is 11.3 Å². The molecule has 0 spiro atoms. The summed E-state index contributed by atoms with van der Waals surface area (Å²) >= 11 is 0. The molecular weight excluding hydrogens is 288 g/mol. The molecule has 0 atom stereocenters. The van der Waals surface area contributed by atoms with Crippen LogP contribution in [0.25, 0.3) is 5.65 Å². The van der Waals surface area contributed by atoms with Gasteiger partial charge in [-0.1, -0.05) is 6.07 Å². The standard InChI is InChI=1S/C15H20N4O.ClH/c1-11-3-2-6-19-14(20)9-13(17-15(11)19)10-18-7-4-12(16)5-8-18;/h2-3,6,9,12H,4-5,7-8,10,16H2,1H3;1H. The molecule has 2 aromatic heterocycles. The second kappa shape index (κ2) is 6.56. The lowest BCUT2D eigenvalue weighted by Crippen LogP contribution is -2.39. The molecule has 5 nitrogen and oxygen atoms in total. The molecule has 2 aromatic rings. The Kier molecular flexibility index (Phi) is 4.98. The van der Waals surface area contributed by atoms with Crippen molar-refractivity contribution >= 4 is 18.1 Å². The zero-order chi connectivity index (χ0) is 14.1. The van der Waals surface area contributed by atoms with Gasteiger partial charge in [0.15, 0.2) is 0 Å². The van der Waals surface area contributed by atoms with E-state index in [4.69, 9.17) is 5.73 Å². The molecule has 3 heterocycles. The number of piperidine rings is 1. The minimum absolute atomic E-state index is 0. The van der Waals surface area contributed by atoms with Crippen LogP contribution in [0.3, 0.4) is 0 Å². The first-order valence-electron chi connectivity index (χ1n) is 7.09. The van der Waals surface area contributed by atoms with Crippen LogP contribution in [0.1, 0.15) is 24.1 Å². The number of hydrogen-bond acceptors (Lipinski definition) is 4. The largest absolute Gasteiger partial charge is 0.328 e. The summed E-state index contributed by atoms with van der Waals surface area (Å²) in [7, 11) is 0. The fourth-order valence-electron chi connectivity index (χ4n) is 2.73. The quantitative estimate of drug-likeness (QED) is 0.909. The summed E-state index contributed by atoms with van der Waals surface area (Å²) in [6, 6.07) is 5.81. The Bertz CT molecular complexity index is 677. The number of halogens is 1. The lowest BCUT2D eigenvalue weighted by molar-refractivity contribution is 0.203. The van der Waals surface area contributed by atoms with Crippen molar-refractivity contribution in [1.29, 1.82) is 0 Å². The molecule has 1 aliphatic heterocycles. The zero-order valence-corrected chi connectivity index (χ0v) is 13.0. The average molecular weight is 309 g/mol. The molecule has 0 amide bonds. The molecule has 0 bridgehead atoms. The van der Waals surface area contributed by atoms with Crippen LogP contribution in [0.4, 0.5) is 0 Å². The fraction of sp³-hybridized carbons (Fsp3) is 0.467. The van der Waals surface area contributed by atoms with E-state index in [0.29, 0.717) is 6.04 Å². The van der Waals surface area contributed by atoms with Gasteiger partial charge < -0.3 is 5.73 Å². The van der Waals surface area contributed by atoms with Gasteiger partial charge >= 0.3 is 0 Å². The summed E-state index contributed by atoms with van der Waals surface area (Å²) in [6.07, 6.45) is 3.80. The maximum atomic E-state index is 12.1. The Morgan fingerprint density at radius 3 is 2.81 bits per heavy atom. The highest BCUT2D eigenvalue weighted by Crippen LogP contribution is 2.12. The van der Waals surface area contributed by atoms with Gasteiger partial charge in [-0.3, -0.25) is 14.1 Å². The Morgan fingerprint density at radius 1 is 1.38 bits per heavy atom. The summed E-state index contributed by atoms with van der Waals surface area (Å²) in [5.74, 6) is 0. The van der Waals surface area contributed by atoms with Gasteiger partial charge in [-0.05, 0) is 31.4 Å². The molecule has 0 radical (unpaired) electrons. The Morgan fingerprint density at radius 2 is 2.10 bits per heavy atom. The van der Waals surface area contributed by atoms with E-state index >= 15 is 0 Å². The normalized spacial score (nSPS) is 16.9. The number of fused-ring (bicyclic) bond motifs is 1. The SMILES string of the molecule is Cc1cccn2c(=O)cc(CN3CCC(N)CC3)nc12.Cl. The van der Waals surface area contributed by atoms with E-state index in [0.717, 1.165) is 49.4 Å². The molecule has 6 heteroatoms. The minimum Gasteiger partial charge on any atom is -0.328 e. The topological polar surface area (TPSA) is 63.6 Å². The maximum Gasteiger partial charge on any atom is 0.258 e. The third-order valence-corrected chi connectivity index (χ3v) is 3.96. The first-order chi connectivity index (χ1) is 9.63. The van der Waals surface area contributed by atoms with E-state index in [9.17, 15) is 4.79 Å². The van der Waals surface area contributed by atoms with Crippen molar-refractivity contribution in [2.75, 3.05) is 13.1 Å². The molecule has 2 N–H and O–H groups in total. The van der Waals surface area contributed by atoms with Gasteiger partial charge in [0.2, 0.25) is 0 Å². The van der Waals surface area contributed by atoms with Crippen LogP contribution in [0.15, 0.2) is 29.2 Å². The predicted octanol–water partition coefficient (Wildman–Crippen LogP) is 1.35. The number of rotatable bonds is 2. The Labute approximate surface area is 130 Å². The van der Waals surface area contributed by atoms with Crippen molar-refractivity contribution in [1.82, 2.24) is 14.3 Å². The van der Waals surface area contributed by atoms with Crippen LogP contribution in [0, 0.1) is 6.92 Å². The second-order valence-electron chi connectivity index (χ2n) is 5.58. The van der Waals surface area contributed by atoms with Crippen LogP contribution in [-0.4, -0.2) is 33.4 Å². The van der Waals surface area contributed by atoms with Gasteiger partial charge in [0, 0.05) is 37.9 Å². The summed E-state index contributed by atoms with van der Waals surface area (Å²) in [5, 5.41) is 0. The van der Waals surface area contributed by atoms with E-state index in [1.807, 2.05) is 19.1 Å². The first kappa shape index (κ1) is 15.9. The molecule has 0 aromatic carbocycles. The monoisotopic (exact) mass is 308 g/mol. The zero-order valence-electron chi connectivity index (χ0n) is 12.2. The van der Waals surface area contributed by atoms with Gasteiger partial charge in [0.05, 0.1) is 5.69 Å². The molecule has 114 valence electrons. The maximum absolute atomic E-state index is 12.1. The van der Waals surface area contributed by atoms with Gasteiger partial charge in [-0.15, -0.1) is 12.4 Å². The molecule has 0 unspecified atom stereocenters. The summed E-state index contributed by atoms with van der Waals surface area (Å²) < 4.78 is 1.60. The van der Waals surface area contributed by atoms with E-state index < -0.39 is 0 Å². The van der Waals surface area contributed by atoms with Crippen molar-refractivity contribution in [3.05, 3.63) is 46.0 Å². The van der Waals surface area contributed by atoms with Crippen molar-refractivity contribution in [3.8, 4) is 0 Å². The highest BCUT2D eigenvalue weighted by atomic mass is 35.5. The van der Waals surface area contributed by atoms with Crippen molar-refractivity contribution in [2.45, 2.75) is 32.4 Å². The first-order valence-corrected chi connectivity index (χ1v) is 7.09. The van der Waals surface area contributed by atoms with Crippen LogP contribution >= 0.6 is 12.4 Å². The van der Waals surface area contributed by atoms with Gasteiger partial charge in [0.25, 0.3) is 5.56 Å². The van der Waals surface area contributed by atoms with Crippen molar-refractivity contribution in [2.24, 2.45) is 5.73 Å². The smallest absolute Gasteiger partial charge is 0.258 e. The number of aryl methyl sites for hydroxylation is 1. The molecule has 1 fully saturated rings. The summed E-state index contributed by atoms with van der Waals surface area (Å²) in [6.45, 7) is 4.67. The minimum atomic E-state index is -0.0117. The highest BCUT2D eigenvalue weighted by molar-refractivity contribution is 5.85.